The average molecular weight is 435 g/mol. The first-order chi connectivity index (χ1) is 16.2. The Balaban J connectivity index is 1.38. The maximum atomic E-state index is 11.8. The zero-order chi connectivity index (χ0) is 23.0. The summed E-state index contributed by atoms with van der Waals surface area (Å²) in [6.07, 6.45) is 12.3. The summed E-state index contributed by atoms with van der Waals surface area (Å²) in [6, 6.07) is 20.8. The molecule has 0 bridgehead atoms. The van der Waals surface area contributed by atoms with Gasteiger partial charge in [0.05, 0.1) is 0 Å². The van der Waals surface area contributed by atoms with Crippen LogP contribution in [0.4, 0.5) is 0 Å². The maximum absolute atomic E-state index is 11.8. The second kappa shape index (κ2) is 11.2. The molecule has 0 N–H and O–H groups in total. The van der Waals surface area contributed by atoms with E-state index in [0.717, 1.165) is 27.8 Å². The molecule has 0 aliphatic heterocycles. The van der Waals surface area contributed by atoms with E-state index in [1.807, 2.05) is 30.3 Å². The van der Waals surface area contributed by atoms with Crippen LogP contribution in [0.2, 0.25) is 0 Å². The van der Waals surface area contributed by atoms with Gasteiger partial charge in [-0.3, -0.25) is 4.79 Å². The molecule has 1 aliphatic rings. The van der Waals surface area contributed by atoms with Crippen molar-refractivity contribution in [1.82, 2.24) is 0 Å². The van der Waals surface area contributed by atoms with E-state index in [2.05, 4.69) is 55.7 Å². The third-order valence-corrected chi connectivity index (χ3v) is 7.11. The number of allylic oxidation sites excluding steroid dienone is 1. The number of hydrogen-bond acceptors (Lipinski definition) is 1. The standard InChI is InChI=1S/C32H34O/c1-3-5-6-7-24-10-15-27(16-11-24)28-17-12-25(13-18-28)8-9-26-14-19-30-23-31(32(33)4-2)21-20-29(30)22-26/h4,12-14,17-24,27H,2-3,5-7,10-11,15-16H2,1H3. The van der Waals surface area contributed by atoms with Crippen LogP contribution in [0.1, 0.15) is 91.3 Å². The molecule has 0 aromatic heterocycles. The van der Waals surface area contributed by atoms with Crippen LogP contribution in [0.3, 0.4) is 0 Å². The fourth-order valence-corrected chi connectivity index (χ4v) is 5.05. The molecule has 1 saturated carbocycles. The first-order valence-corrected chi connectivity index (χ1v) is 12.5. The minimum atomic E-state index is -0.0516. The molecule has 3 aromatic carbocycles. The molecule has 1 fully saturated rings. The highest BCUT2D eigenvalue weighted by atomic mass is 16.1. The molecule has 0 heterocycles. The summed E-state index contributed by atoms with van der Waals surface area (Å²) < 4.78 is 0. The third-order valence-electron chi connectivity index (χ3n) is 7.11. The van der Waals surface area contributed by atoms with Crippen LogP contribution < -0.4 is 0 Å². The zero-order valence-corrected chi connectivity index (χ0v) is 19.8. The SMILES string of the molecule is C=CC(=O)c1ccc2cc(C#Cc3ccc(C4CCC(CCCCC)CC4)cc3)ccc2c1. The largest absolute Gasteiger partial charge is 0.289 e. The molecule has 0 amide bonds. The van der Waals surface area contributed by atoms with Crippen LogP contribution in [0.5, 0.6) is 0 Å². The number of carbonyl (C=O) groups is 1. The molecule has 1 heteroatoms. The Morgan fingerprint density at radius 1 is 0.879 bits per heavy atom. The van der Waals surface area contributed by atoms with Crippen LogP contribution in [0.15, 0.2) is 73.3 Å². The summed E-state index contributed by atoms with van der Waals surface area (Å²) in [4.78, 5) is 11.8. The Bertz CT molecular complexity index is 1160. The molecular weight excluding hydrogens is 400 g/mol. The number of benzene rings is 3. The van der Waals surface area contributed by atoms with Crippen molar-refractivity contribution in [3.05, 3.63) is 95.6 Å². The summed E-state index contributed by atoms with van der Waals surface area (Å²) in [5, 5.41) is 2.13. The van der Waals surface area contributed by atoms with Gasteiger partial charge < -0.3 is 0 Å². The highest BCUT2D eigenvalue weighted by molar-refractivity contribution is 6.06. The second-order valence-electron chi connectivity index (χ2n) is 9.43. The van der Waals surface area contributed by atoms with Gasteiger partial charge in [0.2, 0.25) is 0 Å². The molecule has 0 saturated heterocycles. The highest BCUT2D eigenvalue weighted by Gasteiger charge is 2.21. The van der Waals surface area contributed by atoms with Gasteiger partial charge in [-0.2, -0.15) is 0 Å². The Labute approximate surface area is 198 Å². The van der Waals surface area contributed by atoms with E-state index in [4.69, 9.17) is 0 Å². The Morgan fingerprint density at radius 2 is 1.55 bits per heavy atom. The van der Waals surface area contributed by atoms with Crippen LogP contribution in [-0.2, 0) is 0 Å². The van der Waals surface area contributed by atoms with Crippen LogP contribution in [-0.4, -0.2) is 5.78 Å². The van der Waals surface area contributed by atoms with E-state index in [1.165, 1.54) is 63.0 Å². The maximum Gasteiger partial charge on any atom is 0.185 e. The monoisotopic (exact) mass is 434 g/mol. The van der Waals surface area contributed by atoms with Crippen molar-refractivity contribution in [3.63, 3.8) is 0 Å². The zero-order valence-electron chi connectivity index (χ0n) is 19.8. The van der Waals surface area contributed by atoms with E-state index in [1.54, 1.807) is 0 Å². The van der Waals surface area contributed by atoms with Crippen LogP contribution in [0.25, 0.3) is 10.8 Å². The van der Waals surface area contributed by atoms with E-state index in [-0.39, 0.29) is 5.78 Å². The summed E-state index contributed by atoms with van der Waals surface area (Å²) in [5.74, 6) is 8.23. The molecule has 0 atom stereocenters. The quantitative estimate of drug-likeness (QED) is 0.158. The number of ketones is 1. The summed E-state index contributed by atoms with van der Waals surface area (Å²) in [6.45, 7) is 5.85. The fraction of sp³-hybridized carbons (Fsp3) is 0.344. The number of carbonyl (C=O) groups excluding carboxylic acids is 1. The van der Waals surface area contributed by atoms with Gasteiger partial charge in [0, 0.05) is 16.7 Å². The topological polar surface area (TPSA) is 17.1 Å². The van der Waals surface area contributed by atoms with E-state index in [0.29, 0.717) is 11.5 Å². The number of rotatable bonds is 7. The predicted octanol–water partition coefficient (Wildman–Crippen LogP) is 8.46. The third kappa shape index (κ3) is 6.02. The predicted molar refractivity (Wildman–Crippen MR) is 140 cm³/mol. The molecule has 0 unspecified atom stereocenters. The first-order valence-electron chi connectivity index (χ1n) is 12.5. The molecule has 1 aliphatic carbocycles. The van der Waals surface area contributed by atoms with Gasteiger partial charge in [-0.1, -0.05) is 81.4 Å². The Morgan fingerprint density at radius 3 is 2.27 bits per heavy atom. The molecule has 3 aromatic rings. The lowest BCUT2D eigenvalue weighted by Crippen LogP contribution is -2.13. The van der Waals surface area contributed by atoms with Crippen molar-refractivity contribution < 1.29 is 4.79 Å². The molecule has 1 nitrogen and oxygen atoms in total. The van der Waals surface area contributed by atoms with E-state index >= 15 is 0 Å². The lowest BCUT2D eigenvalue weighted by atomic mass is 9.77. The average Bonchev–Trinajstić information content (AvgIpc) is 2.87. The van der Waals surface area contributed by atoms with Gasteiger partial charge >= 0.3 is 0 Å². The molecule has 33 heavy (non-hydrogen) atoms. The Kier molecular flexibility index (Phi) is 7.79. The van der Waals surface area contributed by atoms with Gasteiger partial charge in [-0.15, -0.1) is 0 Å². The van der Waals surface area contributed by atoms with E-state index < -0.39 is 0 Å². The molecule has 168 valence electrons. The Hall–Kier alpha value is -3.11. The summed E-state index contributed by atoms with van der Waals surface area (Å²) in [7, 11) is 0. The van der Waals surface area contributed by atoms with E-state index in [9.17, 15) is 4.79 Å². The van der Waals surface area contributed by atoms with Crippen molar-refractivity contribution in [2.45, 2.75) is 64.2 Å². The molecule has 0 spiro atoms. The number of hydrogen-bond donors (Lipinski definition) is 0. The van der Waals surface area contributed by atoms with Gasteiger partial charge in [0.1, 0.15) is 0 Å². The smallest absolute Gasteiger partial charge is 0.185 e. The van der Waals surface area contributed by atoms with Gasteiger partial charge in [0.15, 0.2) is 5.78 Å². The van der Waals surface area contributed by atoms with Crippen molar-refractivity contribution in [2.75, 3.05) is 0 Å². The minimum absolute atomic E-state index is 0.0516. The van der Waals surface area contributed by atoms with Gasteiger partial charge in [0.25, 0.3) is 0 Å². The van der Waals surface area contributed by atoms with Crippen LogP contribution in [0, 0.1) is 17.8 Å². The van der Waals surface area contributed by atoms with Gasteiger partial charge in [-0.25, -0.2) is 0 Å². The normalized spacial score (nSPS) is 17.8. The molecular formula is C32H34O. The number of unbranched alkanes of at least 4 members (excludes halogenated alkanes) is 2. The highest BCUT2D eigenvalue weighted by Crippen LogP contribution is 2.37. The summed E-state index contributed by atoms with van der Waals surface area (Å²) >= 11 is 0. The van der Waals surface area contributed by atoms with Crippen LogP contribution >= 0.6 is 0 Å². The van der Waals surface area contributed by atoms with Crippen molar-refractivity contribution >= 4 is 16.6 Å². The fourth-order valence-electron chi connectivity index (χ4n) is 5.05. The minimum Gasteiger partial charge on any atom is -0.289 e. The molecule has 0 radical (unpaired) electrons. The van der Waals surface area contributed by atoms with Crippen molar-refractivity contribution in [1.29, 1.82) is 0 Å². The second-order valence-corrected chi connectivity index (χ2v) is 9.43. The van der Waals surface area contributed by atoms with Crippen molar-refractivity contribution in [2.24, 2.45) is 5.92 Å². The van der Waals surface area contributed by atoms with Crippen molar-refractivity contribution in [3.8, 4) is 11.8 Å². The molecule has 4 rings (SSSR count). The lowest BCUT2D eigenvalue weighted by molar-refractivity contribution is 0.104. The number of fused-ring (bicyclic) bond motifs is 1. The summed E-state index contributed by atoms with van der Waals surface area (Å²) in [5.41, 5.74) is 4.18. The van der Waals surface area contributed by atoms with Gasteiger partial charge in [-0.05, 0) is 90.3 Å². The lowest BCUT2D eigenvalue weighted by Gasteiger charge is -2.29. The first kappa shape index (κ1) is 23.1.